The standard InChI is InChI=1S/C17H29N3O17P2.2Na/c1-6(22)18-10-13(26)11(24)7(4-21)35-16(10)36-39(31,32)37-38(29,30)33-5-8-12(25)14(27)15(34-8)20-3-2-9(23)19-17(20)28;;/h7-8,10-16,21,24-27H,2-5H2,1H3,(H,18,22)(H,29,30)(H,31,32)(H,19,23,28);;/q;2*+1/p-2. The van der Waals surface area contributed by atoms with Gasteiger partial charge in [-0.05, 0) is 0 Å². The third-order valence-electron chi connectivity index (χ3n) is 5.81. The van der Waals surface area contributed by atoms with Crippen molar-refractivity contribution in [1.82, 2.24) is 15.5 Å². The number of urea groups is 1. The minimum atomic E-state index is -5.93. The molecule has 3 heterocycles. The summed E-state index contributed by atoms with van der Waals surface area (Å²) in [7, 11) is -11.7. The number of aliphatic hydroxyl groups excluding tert-OH is 5. The Balaban J connectivity index is 0.00000420. The maximum atomic E-state index is 12.3. The number of amides is 4. The minimum absolute atomic E-state index is 0. The van der Waals surface area contributed by atoms with Crippen LogP contribution in [0, 0.1) is 0 Å². The molecule has 0 bridgehead atoms. The fourth-order valence-corrected chi connectivity index (χ4v) is 6.05. The number of phosphoric ester groups is 2. The van der Waals surface area contributed by atoms with Crippen LogP contribution in [0.4, 0.5) is 4.79 Å². The van der Waals surface area contributed by atoms with Crippen LogP contribution in [0.2, 0.25) is 0 Å². The average molecular weight is 653 g/mol. The van der Waals surface area contributed by atoms with Gasteiger partial charge in [-0.3, -0.25) is 33.5 Å². The van der Waals surface area contributed by atoms with E-state index in [9.17, 15) is 58.8 Å². The van der Waals surface area contributed by atoms with E-state index in [0.717, 1.165) is 11.8 Å². The zero-order valence-electron chi connectivity index (χ0n) is 22.0. The van der Waals surface area contributed by atoms with E-state index in [0.29, 0.717) is 0 Å². The van der Waals surface area contributed by atoms with Crippen molar-refractivity contribution in [3.05, 3.63) is 0 Å². The maximum absolute atomic E-state index is 12.3. The van der Waals surface area contributed by atoms with Gasteiger partial charge in [-0.15, -0.1) is 0 Å². The van der Waals surface area contributed by atoms with Crippen LogP contribution in [-0.4, -0.2) is 123 Å². The summed E-state index contributed by atoms with van der Waals surface area (Å²) in [5.41, 5.74) is 0. The summed E-state index contributed by atoms with van der Waals surface area (Å²) < 4.78 is 47.7. The first-order valence-electron chi connectivity index (χ1n) is 11.2. The van der Waals surface area contributed by atoms with E-state index in [1.165, 1.54) is 0 Å². The Bertz CT molecular complexity index is 1040. The van der Waals surface area contributed by atoms with Gasteiger partial charge in [-0.1, -0.05) is 0 Å². The molecule has 0 aromatic rings. The number of imide groups is 1. The average Bonchev–Trinajstić information content (AvgIpc) is 3.10. The van der Waals surface area contributed by atoms with Crippen LogP contribution in [0.15, 0.2) is 0 Å². The van der Waals surface area contributed by atoms with Crippen LogP contribution in [0.3, 0.4) is 0 Å². The van der Waals surface area contributed by atoms with Crippen LogP contribution in [-0.2, 0) is 41.6 Å². The zero-order valence-corrected chi connectivity index (χ0v) is 27.8. The van der Waals surface area contributed by atoms with Crippen molar-refractivity contribution in [2.24, 2.45) is 0 Å². The van der Waals surface area contributed by atoms with E-state index in [-0.39, 0.29) is 72.1 Å². The van der Waals surface area contributed by atoms with Crippen molar-refractivity contribution in [2.75, 3.05) is 19.8 Å². The summed E-state index contributed by atoms with van der Waals surface area (Å²) in [5, 5.41) is 53.8. The first kappa shape index (κ1) is 39.4. The van der Waals surface area contributed by atoms with E-state index in [2.05, 4.69) is 18.7 Å². The monoisotopic (exact) mass is 653 g/mol. The van der Waals surface area contributed by atoms with Gasteiger partial charge in [0.05, 0.1) is 13.2 Å². The summed E-state index contributed by atoms with van der Waals surface area (Å²) in [6.45, 7) is -1.24. The summed E-state index contributed by atoms with van der Waals surface area (Å²) in [6, 6.07) is -2.68. The predicted molar refractivity (Wildman–Crippen MR) is 114 cm³/mol. The second-order valence-corrected chi connectivity index (χ2v) is 11.6. The molecule has 0 spiro atoms. The fraction of sp³-hybridized carbons (Fsp3) is 0.824. The van der Waals surface area contributed by atoms with Crippen LogP contribution in [0.1, 0.15) is 13.3 Å². The largest absolute Gasteiger partial charge is 1.00 e. The topological polar surface area (TPSA) is 306 Å². The molecule has 41 heavy (non-hydrogen) atoms. The van der Waals surface area contributed by atoms with Gasteiger partial charge in [0, 0.05) is 19.9 Å². The Kier molecular flexibility index (Phi) is 15.5. The van der Waals surface area contributed by atoms with Crippen molar-refractivity contribution in [2.45, 2.75) is 68.5 Å². The molecular weight excluding hydrogens is 626 g/mol. The Hall–Kier alpha value is 0.390. The Morgan fingerprint density at radius 3 is 2.22 bits per heavy atom. The number of hydrogen-bond acceptors (Lipinski definition) is 17. The van der Waals surface area contributed by atoms with Crippen molar-refractivity contribution < 1.29 is 141 Å². The molecule has 0 radical (unpaired) electrons. The van der Waals surface area contributed by atoms with Crippen LogP contribution < -0.4 is 79.5 Å². The molecule has 0 aromatic carbocycles. The van der Waals surface area contributed by atoms with E-state index in [1.54, 1.807) is 0 Å². The Morgan fingerprint density at radius 1 is 1.05 bits per heavy atom. The molecule has 3 rings (SSSR count). The van der Waals surface area contributed by atoms with Crippen molar-refractivity contribution in [3.63, 3.8) is 0 Å². The zero-order chi connectivity index (χ0) is 29.3. The normalized spacial score (nSPS) is 36.7. The molecule has 11 atom stereocenters. The number of nitrogens with one attached hydrogen (secondary N) is 2. The number of ether oxygens (including phenoxy) is 2. The number of rotatable bonds is 10. The van der Waals surface area contributed by atoms with Crippen LogP contribution >= 0.6 is 15.6 Å². The number of carbonyl (C=O) groups is 3. The SMILES string of the molecule is CC(=O)NC1C(OP(=O)([O-])OP(=O)([O-])OCC2OC(N3CCC(=O)NC3=O)C(O)C2O)OC(CO)C(O)C1O.[Na+].[Na+]. The van der Waals surface area contributed by atoms with E-state index < -0.39 is 102 Å². The molecule has 11 unspecified atom stereocenters. The molecule has 3 aliphatic rings. The second-order valence-electron chi connectivity index (χ2n) is 8.65. The summed E-state index contributed by atoms with van der Waals surface area (Å²) in [4.78, 5) is 60.0. The van der Waals surface area contributed by atoms with Gasteiger partial charge in [-0.2, -0.15) is 0 Å². The Morgan fingerprint density at radius 2 is 1.66 bits per heavy atom. The van der Waals surface area contributed by atoms with Gasteiger partial charge in [0.2, 0.25) is 11.8 Å². The van der Waals surface area contributed by atoms with Crippen molar-refractivity contribution >= 4 is 33.5 Å². The van der Waals surface area contributed by atoms with Gasteiger partial charge < -0.3 is 54.6 Å². The molecule has 24 heteroatoms. The van der Waals surface area contributed by atoms with Gasteiger partial charge in [0.25, 0.3) is 15.6 Å². The molecule has 0 aromatic heterocycles. The van der Waals surface area contributed by atoms with Crippen molar-refractivity contribution in [3.8, 4) is 0 Å². The number of nitrogens with zero attached hydrogens (tertiary/aromatic N) is 1. The molecule has 3 saturated heterocycles. The predicted octanol–water partition coefficient (Wildman–Crippen LogP) is -11.7. The molecule has 224 valence electrons. The third-order valence-corrected chi connectivity index (χ3v) is 8.34. The minimum Gasteiger partial charge on any atom is -0.756 e. The molecule has 3 fully saturated rings. The third kappa shape index (κ3) is 10.2. The smallest absolute Gasteiger partial charge is 0.756 e. The van der Waals surface area contributed by atoms with Crippen LogP contribution in [0.25, 0.3) is 0 Å². The molecule has 0 saturated carbocycles. The van der Waals surface area contributed by atoms with Crippen LogP contribution in [0.5, 0.6) is 0 Å². The fourth-order valence-electron chi connectivity index (χ4n) is 3.96. The van der Waals surface area contributed by atoms with Gasteiger partial charge in [0.1, 0.15) is 42.7 Å². The molecule has 7 N–H and O–H groups in total. The molecular formula is C17H27N3Na2O17P2. The van der Waals surface area contributed by atoms with E-state index in [1.807, 2.05) is 5.32 Å². The second kappa shape index (κ2) is 16.1. The molecule has 0 aliphatic carbocycles. The van der Waals surface area contributed by atoms with E-state index >= 15 is 0 Å². The van der Waals surface area contributed by atoms with E-state index in [4.69, 9.17) is 9.47 Å². The number of aliphatic hydroxyl groups is 5. The quantitative estimate of drug-likeness (QED) is 0.0850. The van der Waals surface area contributed by atoms with Crippen molar-refractivity contribution in [1.29, 1.82) is 0 Å². The number of carbonyl (C=O) groups excluding carboxylic acids is 3. The number of hydrogen-bond donors (Lipinski definition) is 7. The summed E-state index contributed by atoms with van der Waals surface area (Å²) >= 11 is 0. The summed E-state index contributed by atoms with van der Waals surface area (Å²) in [5.74, 6) is -1.41. The molecule has 3 aliphatic heterocycles. The molecule has 20 nitrogen and oxygen atoms in total. The Labute approximate surface area is 276 Å². The maximum Gasteiger partial charge on any atom is 1.00 e. The first-order chi connectivity index (χ1) is 18.0. The van der Waals surface area contributed by atoms with Gasteiger partial charge in [0.15, 0.2) is 12.5 Å². The van der Waals surface area contributed by atoms with Gasteiger partial charge in [-0.25, -0.2) is 9.11 Å². The first-order valence-corrected chi connectivity index (χ1v) is 14.2. The number of phosphoric acid groups is 2. The van der Waals surface area contributed by atoms with Gasteiger partial charge >= 0.3 is 65.1 Å². The molecule has 4 amide bonds. The summed E-state index contributed by atoms with van der Waals surface area (Å²) in [6.07, 6.45) is -14.3.